The largest absolute Gasteiger partial charge is 0.497 e. The van der Waals surface area contributed by atoms with Crippen LogP contribution in [0, 0.1) is 13.8 Å². The molecule has 0 aliphatic heterocycles. The number of nitrogens with zero attached hydrogens (tertiary/aromatic N) is 1. The second-order valence-electron chi connectivity index (χ2n) is 4.65. The Balaban J connectivity index is 2.46. The smallest absolute Gasteiger partial charge is 0.119 e. The van der Waals surface area contributed by atoms with Gasteiger partial charge in [0, 0.05) is 6.20 Å². The van der Waals surface area contributed by atoms with E-state index in [2.05, 4.69) is 42.3 Å². The first kappa shape index (κ1) is 13.6. The van der Waals surface area contributed by atoms with E-state index >= 15 is 0 Å². The van der Waals surface area contributed by atoms with Gasteiger partial charge < -0.3 is 10.1 Å². The third kappa shape index (κ3) is 2.76. The molecule has 19 heavy (non-hydrogen) atoms. The Morgan fingerprint density at radius 3 is 2.53 bits per heavy atom. The molecule has 3 heteroatoms. The quantitative estimate of drug-likeness (QED) is 0.913. The summed E-state index contributed by atoms with van der Waals surface area (Å²) in [6.07, 6.45) is 1.84. The van der Waals surface area contributed by atoms with E-state index in [4.69, 9.17) is 4.74 Å². The molecule has 0 amide bonds. The second-order valence-corrected chi connectivity index (χ2v) is 4.65. The van der Waals surface area contributed by atoms with Gasteiger partial charge in [0.2, 0.25) is 0 Å². The summed E-state index contributed by atoms with van der Waals surface area (Å²) in [7, 11) is 3.65. The highest BCUT2D eigenvalue weighted by atomic mass is 16.5. The van der Waals surface area contributed by atoms with Crippen molar-refractivity contribution in [3.63, 3.8) is 0 Å². The van der Waals surface area contributed by atoms with Gasteiger partial charge in [-0.2, -0.15) is 0 Å². The second kappa shape index (κ2) is 5.85. The SMILES string of the molecule is CNC(c1ccc(OC)cc1C)c1ncccc1C. The van der Waals surface area contributed by atoms with Crippen molar-refractivity contribution in [2.45, 2.75) is 19.9 Å². The third-order valence-electron chi connectivity index (χ3n) is 3.40. The van der Waals surface area contributed by atoms with Crippen molar-refractivity contribution in [2.75, 3.05) is 14.2 Å². The fourth-order valence-electron chi connectivity index (χ4n) is 2.34. The molecule has 0 radical (unpaired) electrons. The van der Waals surface area contributed by atoms with Crippen molar-refractivity contribution in [3.05, 3.63) is 58.9 Å². The Morgan fingerprint density at radius 2 is 1.95 bits per heavy atom. The maximum absolute atomic E-state index is 5.26. The molecule has 0 bridgehead atoms. The summed E-state index contributed by atoms with van der Waals surface area (Å²) in [5, 5.41) is 3.35. The number of pyridine rings is 1. The number of rotatable bonds is 4. The Bertz CT molecular complexity index is 566. The minimum Gasteiger partial charge on any atom is -0.497 e. The van der Waals surface area contributed by atoms with Crippen molar-refractivity contribution in [1.82, 2.24) is 10.3 Å². The Morgan fingerprint density at radius 1 is 1.16 bits per heavy atom. The van der Waals surface area contributed by atoms with Crippen LogP contribution in [0.2, 0.25) is 0 Å². The fraction of sp³-hybridized carbons (Fsp3) is 0.312. The van der Waals surface area contributed by atoms with Gasteiger partial charge in [-0.15, -0.1) is 0 Å². The number of ether oxygens (including phenoxy) is 1. The molecule has 0 saturated carbocycles. The predicted molar refractivity (Wildman–Crippen MR) is 77.6 cm³/mol. The van der Waals surface area contributed by atoms with E-state index in [0.29, 0.717) is 0 Å². The molecule has 0 aliphatic rings. The van der Waals surface area contributed by atoms with Crippen LogP contribution in [-0.4, -0.2) is 19.1 Å². The van der Waals surface area contributed by atoms with Gasteiger partial charge in [0.25, 0.3) is 0 Å². The van der Waals surface area contributed by atoms with Gasteiger partial charge in [0.1, 0.15) is 5.75 Å². The van der Waals surface area contributed by atoms with E-state index in [1.165, 1.54) is 16.7 Å². The maximum atomic E-state index is 5.26. The summed E-state index contributed by atoms with van der Waals surface area (Å²) < 4.78 is 5.26. The molecule has 1 atom stereocenters. The van der Waals surface area contributed by atoms with Crippen LogP contribution in [0.3, 0.4) is 0 Å². The topological polar surface area (TPSA) is 34.1 Å². The van der Waals surface area contributed by atoms with Gasteiger partial charge in [-0.25, -0.2) is 0 Å². The lowest BCUT2D eigenvalue weighted by molar-refractivity contribution is 0.414. The summed E-state index contributed by atoms with van der Waals surface area (Å²) in [6.45, 7) is 4.19. The van der Waals surface area contributed by atoms with E-state index in [1.807, 2.05) is 25.4 Å². The minimum absolute atomic E-state index is 0.104. The molecule has 1 unspecified atom stereocenters. The number of aromatic nitrogens is 1. The summed E-state index contributed by atoms with van der Waals surface area (Å²) in [4.78, 5) is 4.52. The van der Waals surface area contributed by atoms with Crippen LogP contribution < -0.4 is 10.1 Å². The molecule has 1 heterocycles. The van der Waals surface area contributed by atoms with E-state index in [0.717, 1.165) is 11.4 Å². The zero-order valence-corrected chi connectivity index (χ0v) is 11.9. The Hall–Kier alpha value is -1.87. The van der Waals surface area contributed by atoms with Crippen molar-refractivity contribution < 1.29 is 4.74 Å². The van der Waals surface area contributed by atoms with Crippen molar-refractivity contribution in [2.24, 2.45) is 0 Å². The summed E-state index contributed by atoms with van der Waals surface area (Å²) in [5.41, 5.74) is 4.68. The van der Waals surface area contributed by atoms with Crippen molar-refractivity contribution in [1.29, 1.82) is 0 Å². The van der Waals surface area contributed by atoms with Crippen LogP contribution in [0.15, 0.2) is 36.5 Å². The standard InChI is InChI=1S/C16H20N2O/c1-11-6-5-9-18-15(11)16(17-3)14-8-7-13(19-4)10-12(14)2/h5-10,16-17H,1-4H3. The van der Waals surface area contributed by atoms with Gasteiger partial charge in [0.15, 0.2) is 0 Å². The molecular weight excluding hydrogens is 236 g/mol. The molecule has 0 saturated heterocycles. The molecule has 2 aromatic rings. The first-order chi connectivity index (χ1) is 9.17. The zero-order valence-electron chi connectivity index (χ0n) is 11.9. The molecule has 0 aliphatic carbocycles. The lowest BCUT2D eigenvalue weighted by Gasteiger charge is -2.20. The van der Waals surface area contributed by atoms with Crippen LogP contribution in [0.4, 0.5) is 0 Å². The monoisotopic (exact) mass is 256 g/mol. The van der Waals surface area contributed by atoms with Crippen molar-refractivity contribution in [3.8, 4) is 5.75 Å². The molecule has 0 fully saturated rings. The van der Waals surface area contributed by atoms with Gasteiger partial charge in [-0.1, -0.05) is 12.1 Å². The van der Waals surface area contributed by atoms with Crippen LogP contribution >= 0.6 is 0 Å². The average molecular weight is 256 g/mol. The average Bonchev–Trinajstić information content (AvgIpc) is 2.43. The molecular formula is C16H20N2O. The summed E-state index contributed by atoms with van der Waals surface area (Å²) in [5.74, 6) is 0.883. The predicted octanol–water partition coefficient (Wildman–Crippen LogP) is 3.02. The molecule has 2 rings (SSSR count). The lowest BCUT2D eigenvalue weighted by atomic mass is 9.96. The Labute approximate surface area is 114 Å². The fourth-order valence-corrected chi connectivity index (χ4v) is 2.34. The van der Waals surface area contributed by atoms with Gasteiger partial charge >= 0.3 is 0 Å². The summed E-state index contributed by atoms with van der Waals surface area (Å²) in [6, 6.07) is 10.3. The number of benzene rings is 1. The highest BCUT2D eigenvalue weighted by Gasteiger charge is 2.17. The summed E-state index contributed by atoms with van der Waals surface area (Å²) >= 11 is 0. The maximum Gasteiger partial charge on any atom is 0.119 e. The van der Waals surface area contributed by atoms with E-state index < -0.39 is 0 Å². The third-order valence-corrected chi connectivity index (χ3v) is 3.40. The first-order valence-corrected chi connectivity index (χ1v) is 6.40. The van der Waals surface area contributed by atoms with Gasteiger partial charge in [0.05, 0.1) is 18.8 Å². The molecule has 0 spiro atoms. The minimum atomic E-state index is 0.104. The van der Waals surface area contributed by atoms with Crippen molar-refractivity contribution >= 4 is 0 Å². The molecule has 1 N–H and O–H groups in total. The molecule has 3 nitrogen and oxygen atoms in total. The Kier molecular flexibility index (Phi) is 4.17. The molecule has 1 aromatic heterocycles. The van der Waals surface area contributed by atoms with Gasteiger partial charge in [-0.3, -0.25) is 4.98 Å². The highest BCUT2D eigenvalue weighted by Crippen LogP contribution is 2.27. The van der Waals surface area contributed by atoms with Crippen LogP contribution in [0.5, 0.6) is 5.75 Å². The van der Waals surface area contributed by atoms with E-state index in [9.17, 15) is 0 Å². The zero-order chi connectivity index (χ0) is 13.8. The molecule has 1 aromatic carbocycles. The first-order valence-electron chi connectivity index (χ1n) is 6.40. The number of hydrogen-bond acceptors (Lipinski definition) is 3. The number of nitrogens with one attached hydrogen (secondary N) is 1. The normalized spacial score (nSPS) is 12.2. The number of aryl methyl sites for hydroxylation is 2. The number of hydrogen-bond donors (Lipinski definition) is 1. The lowest BCUT2D eigenvalue weighted by Crippen LogP contribution is -2.20. The van der Waals surface area contributed by atoms with Crippen LogP contribution in [0.1, 0.15) is 28.4 Å². The van der Waals surface area contributed by atoms with Gasteiger partial charge in [-0.05, 0) is 55.8 Å². The number of methoxy groups -OCH3 is 1. The highest BCUT2D eigenvalue weighted by molar-refractivity contribution is 5.41. The van der Waals surface area contributed by atoms with Crippen LogP contribution in [-0.2, 0) is 0 Å². The van der Waals surface area contributed by atoms with E-state index in [1.54, 1.807) is 7.11 Å². The van der Waals surface area contributed by atoms with Crippen LogP contribution in [0.25, 0.3) is 0 Å². The van der Waals surface area contributed by atoms with E-state index in [-0.39, 0.29) is 6.04 Å². The molecule has 100 valence electrons.